The highest BCUT2D eigenvalue weighted by Crippen LogP contribution is 2.11. The molecular formula is C18H29N. The topological polar surface area (TPSA) is 12.0 Å². The Kier molecular flexibility index (Phi) is 8.24. The van der Waals surface area contributed by atoms with E-state index in [-0.39, 0.29) is 0 Å². The predicted octanol–water partition coefficient (Wildman–Crippen LogP) is 4.65. The second-order valence-electron chi connectivity index (χ2n) is 5.39. The summed E-state index contributed by atoms with van der Waals surface area (Å²) < 4.78 is 0. The standard InChI is InChI=1S/C18H29N/c1-4-6-7-8-18(19-15-5-2)14-13-17-11-9-16(3)10-12-17/h4,9-12,18-19H,1,5-8,13-15H2,2-3H3. The zero-order valence-electron chi connectivity index (χ0n) is 12.6. The van der Waals surface area contributed by atoms with Crippen LogP contribution in [0.2, 0.25) is 0 Å². The third-order valence-corrected chi connectivity index (χ3v) is 3.55. The first-order chi connectivity index (χ1) is 9.26. The molecule has 0 spiro atoms. The smallest absolute Gasteiger partial charge is 0.00703 e. The van der Waals surface area contributed by atoms with Crippen LogP contribution in [0.5, 0.6) is 0 Å². The molecule has 1 aromatic carbocycles. The monoisotopic (exact) mass is 259 g/mol. The predicted molar refractivity (Wildman–Crippen MR) is 85.6 cm³/mol. The highest BCUT2D eigenvalue weighted by Gasteiger charge is 2.07. The molecule has 0 amide bonds. The summed E-state index contributed by atoms with van der Waals surface area (Å²) in [7, 11) is 0. The number of hydrogen-bond donors (Lipinski definition) is 1. The molecule has 1 nitrogen and oxygen atoms in total. The summed E-state index contributed by atoms with van der Waals surface area (Å²) in [6.45, 7) is 9.31. The Morgan fingerprint density at radius 2 is 1.95 bits per heavy atom. The molecule has 1 atom stereocenters. The summed E-state index contributed by atoms with van der Waals surface area (Å²) >= 11 is 0. The van der Waals surface area contributed by atoms with E-state index < -0.39 is 0 Å². The van der Waals surface area contributed by atoms with Gasteiger partial charge in [0.25, 0.3) is 0 Å². The Morgan fingerprint density at radius 3 is 2.58 bits per heavy atom. The van der Waals surface area contributed by atoms with Crippen LogP contribution in [0, 0.1) is 6.92 Å². The van der Waals surface area contributed by atoms with E-state index in [4.69, 9.17) is 0 Å². The zero-order valence-corrected chi connectivity index (χ0v) is 12.6. The molecule has 0 aliphatic heterocycles. The van der Waals surface area contributed by atoms with Crippen molar-refractivity contribution in [3.8, 4) is 0 Å². The van der Waals surface area contributed by atoms with Crippen LogP contribution in [0.25, 0.3) is 0 Å². The van der Waals surface area contributed by atoms with Crippen molar-refractivity contribution >= 4 is 0 Å². The van der Waals surface area contributed by atoms with Gasteiger partial charge < -0.3 is 5.32 Å². The van der Waals surface area contributed by atoms with Gasteiger partial charge in [-0.15, -0.1) is 6.58 Å². The lowest BCUT2D eigenvalue weighted by molar-refractivity contribution is 0.443. The minimum atomic E-state index is 0.654. The van der Waals surface area contributed by atoms with Crippen LogP contribution in [0.15, 0.2) is 36.9 Å². The number of benzene rings is 1. The maximum atomic E-state index is 3.80. The van der Waals surface area contributed by atoms with Crippen molar-refractivity contribution in [1.82, 2.24) is 5.32 Å². The molecule has 1 heteroatoms. The molecule has 0 radical (unpaired) electrons. The van der Waals surface area contributed by atoms with Gasteiger partial charge in [-0.05, 0) is 57.6 Å². The van der Waals surface area contributed by atoms with Crippen molar-refractivity contribution in [1.29, 1.82) is 0 Å². The normalized spacial score (nSPS) is 12.3. The molecule has 19 heavy (non-hydrogen) atoms. The fraction of sp³-hybridized carbons (Fsp3) is 0.556. The number of allylic oxidation sites excluding steroid dienone is 1. The van der Waals surface area contributed by atoms with Crippen molar-refractivity contribution in [2.45, 2.75) is 58.4 Å². The first-order valence-corrected chi connectivity index (χ1v) is 7.66. The third-order valence-electron chi connectivity index (χ3n) is 3.55. The van der Waals surface area contributed by atoms with E-state index in [2.05, 4.69) is 50.0 Å². The second-order valence-corrected chi connectivity index (χ2v) is 5.39. The van der Waals surface area contributed by atoms with Crippen molar-refractivity contribution in [3.05, 3.63) is 48.0 Å². The summed E-state index contributed by atoms with van der Waals surface area (Å²) in [5.74, 6) is 0. The summed E-state index contributed by atoms with van der Waals surface area (Å²) in [4.78, 5) is 0. The highest BCUT2D eigenvalue weighted by atomic mass is 14.9. The van der Waals surface area contributed by atoms with Crippen LogP contribution in [0.1, 0.15) is 50.2 Å². The van der Waals surface area contributed by atoms with Crippen LogP contribution < -0.4 is 5.32 Å². The second kappa shape index (κ2) is 9.80. The first-order valence-electron chi connectivity index (χ1n) is 7.66. The average molecular weight is 259 g/mol. The Bertz CT molecular complexity index is 339. The average Bonchev–Trinajstić information content (AvgIpc) is 2.43. The molecule has 1 N–H and O–H groups in total. The number of hydrogen-bond acceptors (Lipinski definition) is 1. The van der Waals surface area contributed by atoms with Gasteiger partial charge in [-0.1, -0.05) is 42.8 Å². The lowest BCUT2D eigenvalue weighted by Gasteiger charge is -2.18. The molecule has 0 fully saturated rings. The van der Waals surface area contributed by atoms with Gasteiger partial charge in [0.1, 0.15) is 0 Å². The van der Waals surface area contributed by atoms with E-state index in [9.17, 15) is 0 Å². The zero-order chi connectivity index (χ0) is 13.9. The van der Waals surface area contributed by atoms with Gasteiger partial charge >= 0.3 is 0 Å². The van der Waals surface area contributed by atoms with E-state index >= 15 is 0 Å². The van der Waals surface area contributed by atoms with Crippen LogP contribution in [-0.2, 0) is 6.42 Å². The molecule has 1 aromatic rings. The van der Waals surface area contributed by atoms with Crippen LogP contribution in [0.4, 0.5) is 0 Å². The number of rotatable bonds is 10. The van der Waals surface area contributed by atoms with E-state index in [1.807, 2.05) is 6.08 Å². The highest BCUT2D eigenvalue weighted by molar-refractivity contribution is 5.21. The molecule has 0 saturated carbocycles. The first kappa shape index (κ1) is 16.0. The summed E-state index contributed by atoms with van der Waals surface area (Å²) in [6, 6.07) is 9.59. The van der Waals surface area contributed by atoms with Crippen molar-refractivity contribution in [2.75, 3.05) is 6.54 Å². The SMILES string of the molecule is C=CCCCC(CCc1ccc(C)cc1)NCCC. The molecule has 0 aliphatic rings. The van der Waals surface area contributed by atoms with Gasteiger partial charge in [-0.2, -0.15) is 0 Å². The minimum absolute atomic E-state index is 0.654. The van der Waals surface area contributed by atoms with Gasteiger partial charge in [0.15, 0.2) is 0 Å². The number of aryl methyl sites for hydroxylation is 2. The summed E-state index contributed by atoms with van der Waals surface area (Å²) in [5, 5.41) is 3.68. The lowest BCUT2D eigenvalue weighted by atomic mass is 10.00. The van der Waals surface area contributed by atoms with Crippen LogP contribution in [0.3, 0.4) is 0 Å². The Morgan fingerprint density at radius 1 is 1.21 bits per heavy atom. The van der Waals surface area contributed by atoms with Gasteiger partial charge in [0.2, 0.25) is 0 Å². The van der Waals surface area contributed by atoms with Gasteiger partial charge in [0.05, 0.1) is 0 Å². The maximum Gasteiger partial charge on any atom is 0.00703 e. The lowest BCUT2D eigenvalue weighted by Crippen LogP contribution is -2.30. The molecule has 0 bridgehead atoms. The molecule has 1 unspecified atom stereocenters. The van der Waals surface area contributed by atoms with Gasteiger partial charge in [-0.25, -0.2) is 0 Å². The number of unbranched alkanes of at least 4 members (excludes halogenated alkanes) is 1. The van der Waals surface area contributed by atoms with Crippen molar-refractivity contribution in [3.63, 3.8) is 0 Å². The fourth-order valence-electron chi connectivity index (χ4n) is 2.30. The molecule has 0 aromatic heterocycles. The van der Waals surface area contributed by atoms with Crippen molar-refractivity contribution < 1.29 is 0 Å². The largest absolute Gasteiger partial charge is 0.314 e. The van der Waals surface area contributed by atoms with E-state index in [0.717, 1.165) is 13.0 Å². The Hall–Kier alpha value is -1.08. The Labute approximate surface area is 119 Å². The summed E-state index contributed by atoms with van der Waals surface area (Å²) in [5.41, 5.74) is 2.80. The minimum Gasteiger partial charge on any atom is -0.314 e. The molecule has 0 heterocycles. The van der Waals surface area contributed by atoms with E-state index in [1.54, 1.807) is 0 Å². The van der Waals surface area contributed by atoms with Gasteiger partial charge in [-0.3, -0.25) is 0 Å². The maximum absolute atomic E-state index is 3.80. The van der Waals surface area contributed by atoms with Crippen LogP contribution >= 0.6 is 0 Å². The molecular weight excluding hydrogens is 230 g/mol. The number of nitrogens with one attached hydrogen (secondary N) is 1. The van der Waals surface area contributed by atoms with Gasteiger partial charge in [0, 0.05) is 6.04 Å². The molecule has 1 rings (SSSR count). The Balaban J connectivity index is 2.37. The van der Waals surface area contributed by atoms with Crippen molar-refractivity contribution in [2.24, 2.45) is 0 Å². The van der Waals surface area contributed by atoms with Crippen LogP contribution in [-0.4, -0.2) is 12.6 Å². The molecule has 0 aliphatic carbocycles. The fourth-order valence-corrected chi connectivity index (χ4v) is 2.30. The molecule has 0 saturated heterocycles. The quantitative estimate of drug-likeness (QED) is 0.476. The van der Waals surface area contributed by atoms with E-state index in [0.29, 0.717) is 6.04 Å². The summed E-state index contributed by atoms with van der Waals surface area (Å²) in [6.07, 6.45) is 9.29. The third kappa shape index (κ3) is 7.17. The molecule has 106 valence electrons. The van der Waals surface area contributed by atoms with E-state index in [1.165, 1.54) is 43.2 Å².